The first-order valence-electron chi connectivity index (χ1n) is 5.18. The van der Waals surface area contributed by atoms with Crippen LogP contribution >= 0.6 is 11.8 Å². The number of benzene rings is 1. The highest BCUT2D eigenvalue weighted by molar-refractivity contribution is 7.99. The third kappa shape index (κ3) is 2.53. The summed E-state index contributed by atoms with van der Waals surface area (Å²) in [6, 6.07) is 10.3. The van der Waals surface area contributed by atoms with Gasteiger partial charge in [-0.15, -0.1) is 11.8 Å². The molecule has 1 fully saturated rings. The van der Waals surface area contributed by atoms with E-state index in [1.165, 1.54) is 5.56 Å². The van der Waals surface area contributed by atoms with E-state index in [0.29, 0.717) is 0 Å². The smallest absolute Gasteiger partial charge is 0.235 e. The van der Waals surface area contributed by atoms with Gasteiger partial charge in [0.15, 0.2) is 0 Å². The van der Waals surface area contributed by atoms with Crippen LogP contribution in [-0.4, -0.2) is 29.6 Å². The topological polar surface area (TPSA) is 20.3 Å². The molecule has 3 heteroatoms. The molecule has 0 bridgehead atoms. The van der Waals surface area contributed by atoms with Gasteiger partial charge in [0, 0.05) is 19.3 Å². The van der Waals surface area contributed by atoms with Crippen LogP contribution in [0.3, 0.4) is 0 Å². The van der Waals surface area contributed by atoms with Crippen molar-refractivity contribution < 1.29 is 4.79 Å². The van der Waals surface area contributed by atoms with Crippen LogP contribution in [0.5, 0.6) is 0 Å². The van der Waals surface area contributed by atoms with E-state index in [1.807, 2.05) is 30.1 Å². The van der Waals surface area contributed by atoms with E-state index in [9.17, 15) is 4.79 Å². The van der Waals surface area contributed by atoms with Gasteiger partial charge in [-0.25, -0.2) is 0 Å². The molecule has 0 aromatic heterocycles. The number of amides is 1. The van der Waals surface area contributed by atoms with Crippen molar-refractivity contribution in [3.63, 3.8) is 0 Å². The fourth-order valence-electron chi connectivity index (χ4n) is 1.72. The normalized spacial score (nSPS) is 21.0. The quantitative estimate of drug-likeness (QED) is 0.779. The Morgan fingerprint density at radius 1 is 1.40 bits per heavy atom. The molecule has 15 heavy (non-hydrogen) atoms. The molecule has 1 aliphatic rings. The van der Waals surface area contributed by atoms with Crippen LogP contribution in [0.25, 0.3) is 0 Å². The molecule has 0 N–H and O–H groups in total. The van der Waals surface area contributed by atoms with Gasteiger partial charge in [-0.05, 0) is 12.0 Å². The monoisotopic (exact) mass is 221 g/mol. The van der Waals surface area contributed by atoms with Crippen molar-refractivity contribution in [2.75, 3.05) is 13.6 Å². The number of likely N-dealkylation sites (tertiary alicyclic amines) is 1. The summed E-state index contributed by atoms with van der Waals surface area (Å²) in [6.07, 6.45) is 0.993. The van der Waals surface area contributed by atoms with Gasteiger partial charge in [-0.2, -0.15) is 0 Å². The van der Waals surface area contributed by atoms with Gasteiger partial charge in [0.25, 0.3) is 0 Å². The van der Waals surface area contributed by atoms with Crippen molar-refractivity contribution >= 4 is 17.7 Å². The maximum atomic E-state index is 11.6. The van der Waals surface area contributed by atoms with E-state index >= 15 is 0 Å². The molecular formula is C12H15NOS. The lowest BCUT2D eigenvalue weighted by atomic mass is 10.2. The Morgan fingerprint density at radius 3 is 2.73 bits per heavy atom. The molecule has 2 rings (SSSR count). The molecule has 1 atom stereocenters. The highest BCUT2D eigenvalue weighted by Gasteiger charge is 2.28. The van der Waals surface area contributed by atoms with Crippen molar-refractivity contribution in [2.24, 2.45) is 0 Å². The minimum absolute atomic E-state index is 0.176. The summed E-state index contributed by atoms with van der Waals surface area (Å²) < 4.78 is 0. The summed E-state index contributed by atoms with van der Waals surface area (Å²) in [5.41, 5.74) is 1.30. The maximum Gasteiger partial charge on any atom is 0.235 e. The van der Waals surface area contributed by atoms with Gasteiger partial charge in [-0.1, -0.05) is 30.3 Å². The van der Waals surface area contributed by atoms with Crippen LogP contribution in [0.15, 0.2) is 30.3 Å². The summed E-state index contributed by atoms with van der Waals surface area (Å²) in [4.78, 5) is 13.5. The number of hydrogen-bond acceptors (Lipinski definition) is 2. The Labute approximate surface area is 94.7 Å². The molecule has 0 aliphatic carbocycles. The standard InChI is InChI=1S/C12H15NOS/c1-13-8-7-11(12(13)14)15-9-10-5-3-2-4-6-10/h2-6,11H,7-9H2,1H3. The molecule has 0 radical (unpaired) electrons. The highest BCUT2D eigenvalue weighted by Crippen LogP contribution is 2.25. The first-order valence-corrected chi connectivity index (χ1v) is 6.23. The lowest BCUT2D eigenvalue weighted by molar-refractivity contribution is -0.126. The average Bonchev–Trinajstić information content (AvgIpc) is 2.59. The van der Waals surface area contributed by atoms with E-state index in [4.69, 9.17) is 0 Å². The van der Waals surface area contributed by atoms with Gasteiger partial charge >= 0.3 is 0 Å². The van der Waals surface area contributed by atoms with E-state index in [1.54, 1.807) is 11.8 Å². The van der Waals surface area contributed by atoms with Gasteiger partial charge in [0.2, 0.25) is 5.91 Å². The Bertz CT molecular complexity index is 339. The Balaban J connectivity index is 1.87. The summed E-state index contributed by atoms with van der Waals surface area (Å²) in [5.74, 6) is 1.22. The predicted octanol–water partition coefficient (Wildman–Crippen LogP) is 2.15. The third-order valence-corrected chi connectivity index (χ3v) is 4.01. The zero-order chi connectivity index (χ0) is 10.7. The van der Waals surface area contributed by atoms with E-state index in [2.05, 4.69) is 12.1 Å². The highest BCUT2D eigenvalue weighted by atomic mass is 32.2. The first kappa shape index (κ1) is 10.6. The molecule has 80 valence electrons. The molecule has 1 saturated heterocycles. The number of hydrogen-bond donors (Lipinski definition) is 0. The van der Waals surface area contributed by atoms with E-state index < -0.39 is 0 Å². The summed E-state index contributed by atoms with van der Waals surface area (Å²) in [6.45, 7) is 0.908. The number of nitrogens with zero attached hydrogens (tertiary/aromatic N) is 1. The Hall–Kier alpha value is -0.960. The minimum Gasteiger partial charge on any atom is -0.345 e. The molecule has 1 unspecified atom stereocenters. The first-order chi connectivity index (χ1) is 7.27. The number of carbonyl (C=O) groups is 1. The number of carbonyl (C=O) groups excluding carboxylic acids is 1. The lowest BCUT2D eigenvalue weighted by Gasteiger charge is -2.09. The SMILES string of the molecule is CN1CCC(SCc2ccccc2)C1=O. The van der Waals surface area contributed by atoms with Crippen LogP contribution in [0.2, 0.25) is 0 Å². The number of thioether (sulfide) groups is 1. The fraction of sp³-hybridized carbons (Fsp3) is 0.417. The van der Waals surface area contributed by atoms with Crippen molar-refractivity contribution in [3.05, 3.63) is 35.9 Å². The Morgan fingerprint density at radius 2 is 2.13 bits per heavy atom. The zero-order valence-electron chi connectivity index (χ0n) is 8.85. The van der Waals surface area contributed by atoms with Crippen molar-refractivity contribution in [1.29, 1.82) is 0 Å². The molecule has 0 saturated carbocycles. The summed E-state index contributed by atoms with van der Waals surface area (Å²) >= 11 is 1.76. The fourth-order valence-corrected chi connectivity index (χ4v) is 2.90. The molecule has 1 aliphatic heterocycles. The molecule has 1 aromatic rings. The average molecular weight is 221 g/mol. The van der Waals surface area contributed by atoms with Gasteiger partial charge < -0.3 is 4.90 Å². The van der Waals surface area contributed by atoms with E-state index in [0.717, 1.165) is 18.7 Å². The Kier molecular flexibility index (Phi) is 3.31. The van der Waals surface area contributed by atoms with Crippen LogP contribution in [0, 0.1) is 0 Å². The van der Waals surface area contributed by atoms with Crippen LogP contribution in [0.4, 0.5) is 0 Å². The van der Waals surface area contributed by atoms with Crippen LogP contribution < -0.4 is 0 Å². The molecule has 1 heterocycles. The van der Waals surface area contributed by atoms with Crippen molar-refractivity contribution in [2.45, 2.75) is 17.4 Å². The second-order valence-electron chi connectivity index (χ2n) is 3.83. The summed E-state index contributed by atoms with van der Waals surface area (Å²) in [5, 5.41) is 0.176. The maximum absolute atomic E-state index is 11.6. The van der Waals surface area contributed by atoms with E-state index in [-0.39, 0.29) is 11.2 Å². The summed E-state index contributed by atoms with van der Waals surface area (Å²) in [7, 11) is 1.88. The molecule has 2 nitrogen and oxygen atoms in total. The predicted molar refractivity (Wildman–Crippen MR) is 63.8 cm³/mol. The molecule has 1 aromatic carbocycles. The van der Waals surface area contributed by atoms with Crippen LogP contribution in [0.1, 0.15) is 12.0 Å². The van der Waals surface area contributed by atoms with Gasteiger partial charge in [0.05, 0.1) is 5.25 Å². The third-order valence-electron chi connectivity index (χ3n) is 2.67. The minimum atomic E-state index is 0.176. The second kappa shape index (κ2) is 4.71. The number of rotatable bonds is 3. The molecule has 0 spiro atoms. The van der Waals surface area contributed by atoms with Crippen molar-refractivity contribution in [1.82, 2.24) is 4.90 Å². The van der Waals surface area contributed by atoms with Gasteiger partial charge in [-0.3, -0.25) is 4.79 Å². The lowest BCUT2D eigenvalue weighted by Crippen LogP contribution is -2.23. The largest absolute Gasteiger partial charge is 0.345 e. The molecule has 1 amide bonds. The van der Waals surface area contributed by atoms with Crippen molar-refractivity contribution in [3.8, 4) is 0 Å². The second-order valence-corrected chi connectivity index (χ2v) is 5.02. The van der Waals surface area contributed by atoms with Gasteiger partial charge in [0.1, 0.15) is 0 Å². The van der Waals surface area contributed by atoms with Crippen LogP contribution in [-0.2, 0) is 10.5 Å². The molecular weight excluding hydrogens is 206 g/mol. The zero-order valence-corrected chi connectivity index (χ0v) is 9.67.